The zero-order valence-corrected chi connectivity index (χ0v) is 12.0. The van der Waals surface area contributed by atoms with Crippen LogP contribution in [0.2, 0.25) is 0 Å². The molecule has 0 heterocycles. The quantitative estimate of drug-likeness (QED) is 0.840. The molecule has 0 aliphatic carbocycles. The SMILES string of the molecule is CCN(C(C)C)S(=O)(=O)c1cc(C#N)ccc1C. The molecule has 98 valence electrons. The van der Waals surface area contributed by atoms with E-state index in [1.54, 1.807) is 26.0 Å². The third-order valence-corrected chi connectivity index (χ3v) is 5.08. The summed E-state index contributed by atoms with van der Waals surface area (Å²) in [5.74, 6) is 0. The lowest BCUT2D eigenvalue weighted by Gasteiger charge is -2.25. The Kier molecular flexibility index (Phi) is 4.49. The van der Waals surface area contributed by atoms with E-state index in [-0.39, 0.29) is 10.9 Å². The molecule has 0 saturated carbocycles. The van der Waals surface area contributed by atoms with Gasteiger partial charge in [-0.15, -0.1) is 0 Å². The van der Waals surface area contributed by atoms with Crippen LogP contribution in [-0.4, -0.2) is 25.3 Å². The van der Waals surface area contributed by atoms with Crippen molar-refractivity contribution in [1.29, 1.82) is 5.26 Å². The Labute approximate surface area is 109 Å². The number of nitrogens with zero attached hydrogens (tertiary/aromatic N) is 2. The molecule has 0 aliphatic rings. The van der Waals surface area contributed by atoms with Crippen molar-refractivity contribution in [2.24, 2.45) is 0 Å². The van der Waals surface area contributed by atoms with Gasteiger partial charge in [0.2, 0.25) is 10.0 Å². The molecule has 5 heteroatoms. The Morgan fingerprint density at radius 2 is 2.00 bits per heavy atom. The first-order chi connectivity index (χ1) is 8.34. The molecule has 1 aromatic carbocycles. The predicted molar refractivity (Wildman–Crippen MR) is 70.6 cm³/mol. The van der Waals surface area contributed by atoms with Crippen LogP contribution in [0.15, 0.2) is 23.1 Å². The molecule has 18 heavy (non-hydrogen) atoms. The van der Waals surface area contributed by atoms with Crippen LogP contribution in [-0.2, 0) is 10.0 Å². The van der Waals surface area contributed by atoms with Gasteiger partial charge in [-0.2, -0.15) is 9.57 Å². The first-order valence-electron chi connectivity index (χ1n) is 5.87. The van der Waals surface area contributed by atoms with Crippen molar-refractivity contribution in [1.82, 2.24) is 4.31 Å². The summed E-state index contributed by atoms with van der Waals surface area (Å²) in [6, 6.07) is 6.59. The minimum absolute atomic E-state index is 0.106. The fourth-order valence-electron chi connectivity index (χ4n) is 1.89. The number of benzene rings is 1. The van der Waals surface area contributed by atoms with E-state index in [2.05, 4.69) is 0 Å². The van der Waals surface area contributed by atoms with E-state index >= 15 is 0 Å². The van der Waals surface area contributed by atoms with Crippen LogP contribution in [0, 0.1) is 18.3 Å². The Morgan fingerprint density at radius 1 is 1.39 bits per heavy atom. The van der Waals surface area contributed by atoms with Crippen molar-refractivity contribution < 1.29 is 8.42 Å². The van der Waals surface area contributed by atoms with Crippen LogP contribution in [0.3, 0.4) is 0 Å². The topological polar surface area (TPSA) is 61.2 Å². The van der Waals surface area contributed by atoms with Crippen LogP contribution < -0.4 is 0 Å². The van der Waals surface area contributed by atoms with Crippen molar-refractivity contribution in [3.8, 4) is 6.07 Å². The highest BCUT2D eigenvalue weighted by molar-refractivity contribution is 7.89. The number of aryl methyl sites for hydroxylation is 1. The van der Waals surface area contributed by atoms with Gasteiger partial charge in [0.1, 0.15) is 0 Å². The van der Waals surface area contributed by atoms with E-state index in [4.69, 9.17) is 5.26 Å². The summed E-state index contributed by atoms with van der Waals surface area (Å²) in [5.41, 5.74) is 1.02. The predicted octanol–water partition coefficient (Wildman–Crippen LogP) is 2.29. The average molecular weight is 266 g/mol. The highest BCUT2D eigenvalue weighted by Crippen LogP contribution is 2.22. The number of nitriles is 1. The van der Waals surface area contributed by atoms with Gasteiger partial charge in [-0.3, -0.25) is 0 Å². The van der Waals surface area contributed by atoms with Crippen LogP contribution >= 0.6 is 0 Å². The minimum atomic E-state index is -3.53. The number of rotatable bonds is 4. The maximum atomic E-state index is 12.5. The molecule has 0 aromatic heterocycles. The lowest BCUT2D eigenvalue weighted by atomic mass is 10.2. The Morgan fingerprint density at radius 3 is 2.44 bits per heavy atom. The molecule has 1 rings (SSSR count). The highest BCUT2D eigenvalue weighted by Gasteiger charge is 2.27. The average Bonchev–Trinajstić information content (AvgIpc) is 2.29. The van der Waals surface area contributed by atoms with Gasteiger partial charge in [0.25, 0.3) is 0 Å². The van der Waals surface area contributed by atoms with Gasteiger partial charge in [-0.1, -0.05) is 13.0 Å². The minimum Gasteiger partial charge on any atom is -0.207 e. The van der Waals surface area contributed by atoms with Gasteiger partial charge in [0.05, 0.1) is 16.5 Å². The molecule has 0 amide bonds. The summed E-state index contributed by atoms with van der Waals surface area (Å²) < 4.78 is 26.4. The monoisotopic (exact) mass is 266 g/mol. The molecule has 0 N–H and O–H groups in total. The molecule has 0 fully saturated rings. The summed E-state index contributed by atoms with van der Waals surface area (Å²) in [7, 11) is -3.53. The zero-order chi connectivity index (χ0) is 13.9. The van der Waals surface area contributed by atoms with E-state index in [0.717, 1.165) is 0 Å². The first kappa shape index (κ1) is 14.7. The highest BCUT2D eigenvalue weighted by atomic mass is 32.2. The lowest BCUT2D eigenvalue weighted by molar-refractivity contribution is 0.369. The second-order valence-corrected chi connectivity index (χ2v) is 6.25. The van der Waals surface area contributed by atoms with E-state index < -0.39 is 10.0 Å². The summed E-state index contributed by atoms with van der Waals surface area (Å²) in [5, 5.41) is 8.87. The molecule has 1 aromatic rings. The summed E-state index contributed by atoms with van der Waals surface area (Å²) in [4.78, 5) is 0.220. The van der Waals surface area contributed by atoms with Crippen LogP contribution in [0.5, 0.6) is 0 Å². The van der Waals surface area contributed by atoms with Gasteiger partial charge in [-0.25, -0.2) is 8.42 Å². The maximum absolute atomic E-state index is 12.5. The van der Waals surface area contributed by atoms with Crippen molar-refractivity contribution in [3.63, 3.8) is 0 Å². The van der Waals surface area contributed by atoms with Crippen molar-refractivity contribution in [2.75, 3.05) is 6.54 Å². The van der Waals surface area contributed by atoms with Gasteiger partial charge in [0.15, 0.2) is 0 Å². The lowest BCUT2D eigenvalue weighted by Crippen LogP contribution is -2.37. The number of hydrogen-bond acceptors (Lipinski definition) is 3. The molecule has 0 atom stereocenters. The molecule has 4 nitrogen and oxygen atoms in total. The molecule has 0 bridgehead atoms. The molecule has 0 spiro atoms. The number of hydrogen-bond donors (Lipinski definition) is 0. The van der Waals surface area contributed by atoms with E-state index in [0.29, 0.717) is 17.7 Å². The van der Waals surface area contributed by atoms with E-state index in [1.165, 1.54) is 10.4 Å². The van der Waals surface area contributed by atoms with Crippen LogP contribution in [0.25, 0.3) is 0 Å². The fraction of sp³-hybridized carbons (Fsp3) is 0.462. The Bertz CT molecular complexity index is 571. The van der Waals surface area contributed by atoms with Crippen LogP contribution in [0.4, 0.5) is 0 Å². The van der Waals surface area contributed by atoms with Gasteiger partial charge < -0.3 is 0 Å². The second kappa shape index (κ2) is 5.51. The Hall–Kier alpha value is -1.38. The normalized spacial score (nSPS) is 11.8. The van der Waals surface area contributed by atoms with Crippen molar-refractivity contribution >= 4 is 10.0 Å². The summed E-state index contributed by atoms with van der Waals surface area (Å²) >= 11 is 0. The first-order valence-corrected chi connectivity index (χ1v) is 7.31. The van der Waals surface area contributed by atoms with Crippen LogP contribution in [0.1, 0.15) is 31.9 Å². The second-order valence-electron chi connectivity index (χ2n) is 4.39. The molecule has 0 unspecified atom stereocenters. The molecule has 0 saturated heterocycles. The van der Waals surface area contributed by atoms with E-state index in [9.17, 15) is 8.42 Å². The number of sulfonamides is 1. The standard InChI is InChI=1S/C13H18N2O2S/c1-5-15(10(2)3)18(16,17)13-8-12(9-14)7-6-11(13)4/h6-8,10H,5H2,1-4H3. The fourth-order valence-corrected chi connectivity index (χ4v) is 3.78. The zero-order valence-electron chi connectivity index (χ0n) is 11.1. The molecular formula is C13H18N2O2S. The molecule has 0 aliphatic heterocycles. The third kappa shape index (κ3) is 2.71. The summed E-state index contributed by atoms with van der Waals surface area (Å²) in [6.07, 6.45) is 0. The third-order valence-electron chi connectivity index (χ3n) is 2.79. The van der Waals surface area contributed by atoms with Gasteiger partial charge in [0, 0.05) is 12.6 Å². The molecule has 0 radical (unpaired) electrons. The van der Waals surface area contributed by atoms with E-state index in [1.807, 2.05) is 19.9 Å². The smallest absolute Gasteiger partial charge is 0.207 e. The van der Waals surface area contributed by atoms with Crippen molar-refractivity contribution in [3.05, 3.63) is 29.3 Å². The maximum Gasteiger partial charge on any atom is 0.243 e. The van der Waals surface area contributed by atoms with Crippen molar-refractivity contribution in [2.45, 2.75) is 38.6 Å². The van der Waals surface area contributed by atoms with Gasteiger partial charge in [-0.05, 0) is 38.5 Å². The Balaban J connectivity index is 3.41. The summed E-state index contributed by atoms with van der Waals surface area (Å²) in [6.45, 7) is 7.63. The van der Waals surface area contributed by atoms with Gasteiger partial charge >= 0.3 is 0 Å². The molecular weight excluding hydrogens is 248 g/mol. The largest absolute Gasteiger partial charge is 0.243 e.